The summed E-state index contributed by atoms with van der Waals surface area (Å²) in [5.74, 6) is 0.913. The van der Waals surface area contributed by atoms with Crippen molar-refractivity contribution in [3.05, 3.63) is 76.1 Å². The highest BCUT2D eigenvalue weighted by Crippen LogP contribution is 2.36. The SMILES string of the molecule is COc1ccc(OC)c([C@@H](C)N(C(=O)c2ccc([N+](=O)[O-])cc2)c2cnn(C)c2)c1. The van der Waals surface area contributed by atoms with Crippen LogP contribution in [-0.2, 0) is 7.05 Å². The minimum absolute atomic E-state index is 0.0815. The molecular formula is C21H22N4O5. The predicted octanol–water partition coefficient (Wildman–Crippen LogP) is 3.75. The fourth-order valence-corrected chi connectivity index (χ4v) is 3.22. The molecule has 0 saturated carbocycles. The van der Waals surface area contributed by atoms with Crippen LogP contribution in [0.2, 0.25) is 0 Å². The molecule has 0 aliphatic carbocycles. The minimum Gasteiger partial charge on any atom is -0.497 e. The van der Waals surface area contributed by atoms with Crippen molar-refractivity contribution in [2.75, 3.05) is 19.1 Å². The molecule has 0 unspecified atom stereocenters. The molecule has 9 nitrogen and oxygen atoms in total. The highest BCUT2D eigenvalue weighted by molar-refractivity contribution is 6.06. The number of benzene rings is 2. The van der Waals surface area contributed by atoms with Gasteiger partial charge in [-0.2, -0.15) is 5.10 Å². The summed E-state index contributed by atoms with van der Waals surface area (Å²) in [6.45, 7) is 1.87. The second-order valence-electron chi connectivity index (χ2n) is 6.64. The van der Waals surface area contributed by atoms with E-state index in [9.17, 15) is 14.9 Å². The van der Waals surface area contributed by atoms with Crippen LogP contribution in [-0.4, -0.2) is 34.8 Å². The van der Waals surface area contributed by atoms with E-state index in [0.29, 0.717) is 22.7 Å². The molecule has 156 valence electrons. The van der Waals surface area contributed by atoms with Crippen molar-refractivity contribution in [1.29, 1.82) is 0 Å². The van der Waals surface area contributed by atoms with E-state index in [0.717, 1.165) is 5.56 Å². The van der Waals surface area contributed by atoms with E-state index < -0.39 is 11.0 Å². The lowest BCUT2D eigenvalue weighted by Crippen LogP contribution is -2.33. The molecule has 3 aromatic rings. The van der Waals surface area contributed by atoms with Gasteiger partial charge in [0.1, 0.15) is 11.5 Å². The minimum atomic E-state index is -0.503. The maximum Gasteiger partial charge on any atom is 0.269 e. The molecule has 0 aliphatic rings. The third-order valence-corrected chi connectivity index (χ3v) is 4.79. The molecule has 0 saturated heterocycles. The smallest absolute Gasteiger partial charge is 0.269 e. The standard InChI is InChI=1S/C21H22N4O5/c1-14(19-11-18(29-3)9-10-20(19)30-4)24(17-12-22-23(2)13-17)21(26)15-5-7-16(8-6-15)25(27)28/h5-14H,1-4H3/t14-/m1/s1. The van der Waals surface area contributed by atoms with Gasteiger partial charge in [-0.05, 0) is 37.3 Å². The summed E-state index contributed by atoms with van der Waals surface area (Å²) in [6.07, 6.45) is 3.32. The Morgan fingerprint density at radius 1 is 1.17 bits per heavy atom. The summed E-state index contributed by atoms with van der Waals surface area (Å²) in [4.78, 5) is 25.5. The fraction of sp³-hybridized carbons (Fsp3) is 0.238. The largest absolute Gasteiger partial charge is 0.497 e. The first kappa shape index (κ1) is 20.8. The van der Waals surface area contributed by atoms with Crippen LogP contribution in [0.25, 0.3) is 0 Å². The molecule has 1 amide bonds. The molecule has 0 bridgehead atoms. The number of carbonyl (C=O) groups excluding carboxylic acids is 1. The summed E-state index contributed by atoms with van der Waals surface area (Å²) in [5, 5.41) is 15.1. The van der Waals surface area contributed by atoms with Crippen molar-refractivity contribution in [1.82, 2.24) is 9.78 Å². The zero-order valence-electron chi connectivity index (χ0n) is 17.1. The van der Waals surface area contributed by atoms with Gasteiger partial charge >= 0.3 is 0 Å². The van der Waals surface area contributed by atoms with Crippen molar-refractivity contribution in [2.24, 2.45) is 7.05 Å². The van der Waals surface area contributed by atoms with Crippen molar-refractivity contribution in [2.45, 2.75) is 13.0 Å². The van der Waals surface area contributed by atoms with Crippen molar-refractivity contribution in [3.63, 3.8) is 0 Å². The maximum atomic E-state index is 13.5. The fourth-order valence-electron chi connectivity index (χ4n) is 3.22. The number of ether oxygens (including phenoxy) is 2. The van der Waals surface area contributed by atoms with Gasteiger partial charge in [0.25, 0.3) is 11.6 Å². The number of hydrogen-bond donors (Lipinski definition) is 0. The number of aryl methyl sites for hydroxylation is 1. The number of rotatable bonds is 7. The van der Waals surface area contributed by atoms with E-state index in [1.54, 1.807) is 55.4 Å². The number of nitro benzene ring substituents is 1. The second kappa shape index (κ2) is 8.64. The average molecular weight is 410 g/mol. The molecule has 0 N–H and O–H groups in total. The maximum absolute atomic E-state index is 13.5. The van der Waals surface area contributed by atoms with Crippen molar-refractivity contribution < 1.29 is 19.2 Å². The third-order valence-electron chi connectivity index (χ3n) is 4.79. The second-order valence-corrected chi connectivity index (χ2v) is 6.64. The van der Waals surface area contributed by atoms with Gasteiger partial charge in [-0.3, -0.25) is 24.5 Å². The van der Waals surface area contributed by atoms with Crippen molar-refractivity contribution in [3.8, 4) is 11.5 Å². The Bertz CT molecular complexity index is 1060. The quantitative estimate of drug-likeness (QED) is 0.434. The van der Waals surface area contributed by atoms with Gasteiger partial charge in [-0.1, -0.05) is 0 Å². The first-order chi connectivity index (χ1) is 14.3. The van der Waals surface area contributed by atoms with Crippen LogP contribution in [0.1, 0.15) is 28.9 Å². The van der Waals surface area contributed by atoms with Crippen LogP contribution in [0.3, 0.4) is 0 Å². The van der Waals surface area contributed by atoms with Crippen molar-refractivity contribution >= 4 is 17.3 Å². The summed E-state index contributed by atoms with van der Waals surface area (Å²) >= 11 is 0. The molecule has 0 radical (unpaired) electrons. The van der Waals surface area contributed by atoms with Gasteiger partial charge in [0.15, 0.2) is 0 Å². The lowest BCUT2D eigenvalue weighted by Gasteiger charge is -2.29. The molecule has 1 atom stereocenters. The van der Waals surface area contributed by atoms with E-state index >= 15 is 0 Å². The highest BCUT2D eigenvalue weighted by atomic mass is 16.6. The predicted molar refractivity (Wildman–Crippen MR) is 111 cm³/mol. The Kier molecular flexibility index (Phi) is 6.01. The summed E-state index contributed by atoms with van der Waals surface area (Å²) < 4.78 is 12.4. The van der Waals surface area contributed by atoms with Gasteiger partial charge in [-0.25, -0.2) is 0 Å². The van der Waals surface area contributed by atoms with Gasteiger partial charge in [-0.15, -0.1) is 0 Å². The van der Waals surface area contributed by atoms with Crippen LogP contribution < -0.4 is 14.4 Å². The number of aromatic nitrogens is 2. The number of hydrogen-bond acceptors (Lipinski definition) is 6. The Morgan fingerprint density at radius 3 is 2.40 bits per heavy atom. The van der Waals surface area contributed by atoms with Gasteiger partial charge in [0.05, 0.1) is 37.1 Å². The van der Waals surface area contributed by atoms with Crippen LogP contribution in [0.4, 0.5) is 11.4 Å². The third kappa shape index (κ3) is 4.09. The molecule has 1 aromatic heterocycles. The Morgan fingerprint density at radius 2 is 1.87 bits per heavy atom. The Labute approximate surface area is 173 Å². The summed E-state index contributed by atoms with van der Waals surface area (Å²) in [7, 11) is 4.89. The molecular weight excluding hydrogens is 388 g/mol. The molecule has 1 heterocycles. The monoisotopic (exact) mass is 410 g/mol. The van der Waals surface area contributed by atoms with Crippen LogP contribution in [0, 0.1) is 10.1 Å². The van der Waals surface area contributed by atoms with Crippen LogP contribution in [0.15, 0.2) is 54.9 Å². The van der Waals surface area contributed by atoms with Gasteiger partial charge in [0.2, 0.25) is 0 Å². The molecule has 9 heteroatoms. The van der Waals surface area contributed by atoms with E-state index in [4.69, 9.17) is 9.47 Å². The van der Waals surface area contributed by atoms with E-state index in [2.05, 4.69) is 5.10 Å². The Balaban J connectivity index is 2.07. The molecule has 0 aliphatic heterocycles. The zero-order chi connectivity index (χ0) is 21.8. The first-order valence-corrected chi connectivity index (χ1v) is 9.14. The molecule has 2 aromatic carbocycles. The molecule has 0 spiro atoms. The molecule has 30 heavy (non-hydrogen) atoms. The normalized spacial score (nSPS) is 11.6. The van der Waals surface area contributed by atoms with Crippen LogP contribution in [0.5, 0.6) is 11.5 Å². The first-order valence-electron chi connectivity index (χ1n) is 9.14. The van der Waals surface area contributed by atoms with E-state index in [1.807, 2.05) is 13.0 Å². The van der Waals surface area contributed by atoms with Gasteiger partial charge in [0, 0.05) is 36.5 Å². The number of carbonyl (C=O) groups is 1. The van der Waals surface area contributed by atoms with Gasteiger partial charge < -0.3 is 9.47 Å². The molecule has 3 rings (SSSR count). The number of nitro groups is 1. The summed E-state index contributed by atoms with van der Waals surface area (Å²) in [6, 6.07) is 10.4. The molecule has 0 fully saturated rings. The Hall–Kier alpha value is -3.88. The topological polar surface area (TPSA) is 99.7 Å². The number of non-ortho nitro benzene ring substituents is 1. The zero-order valence-corrected chi connectivity index (χ0v) is 17.1. The van der Waals surface area contributed by atoms with E-state index in [1.165, 1.54) is 24.3 Å². The average Bonchev–Trinajstić information content (AvgIpc) is 3.18. The lowest BCUT2D eigenvalue weighted by molar-refractivity contribution is -0.384. The number of anilines is 1. The van der Waals surface area contributed by atoms with E-state index in [-0.39, 0.29) is 11.6 Å². The summed E-state index contributed by atoms with van der Waals surface area (Å²) in [5.41, 5.74) is 1.56. The van der Waals surface area contributed by atoms with Crippen LogP contribution >= 0.6 is 0 Å². The number of nitrogens with zero attached hydrogens (tertiary/aromatic N) is 4. The lowest BCUT2D eigenvalue weighted by atomic mass is 10.0. The number of methoxy groups -OCH3 is 2. The number of amides is 1. The highest BCUT2D eigenvalue weighted by Gasteiger charge is 2.28.